The molecule has 0 aliphatic carbocycles. The molecular weight excluding hydrogens is 290 g/mol. The Labute approximate surface area is 125 Å². The number of benzene rings is 2. The van der Waals surface area contributed by atoms with Gasteiger partial charge in [-0.3, -0.25) is 5.41 Å². The van der Waals surface area contributed by atoms with Gasteiger partial charge in [-0.05, 0) is 24.3 Å². The number of nitrogen functional groups attached to an aromatic ring is 1. The molecule has 0 bridgehead atoms. The highest BCUT2D eigenvalue weighted by atomic mass is 35.5. The molecule has 0 atom stereocenters. The fourth-order valence-electron chi connectivity index (χ4n) is 2.07. The Morgan fingerprint density at radius 1 is 1.15 bits per heavy atom. The van der Waals surface area contributed by atoms with Crippen LogP contribution in [-0.2, 0) is 0 Å². The van der Waals surface area contributed by atoms with Crippen LogP contribution in [0.25, 0.3) is 10.9 Å². The highest BCUT2D eigenvalue weighted by Gasteiger charge is 2.12. The van der Waals surface area contributed by atoms with Gasteiger partial charge in [0.05, 0.1) is 10.0 Å². The molecule has 0 fully saturated rings. The molecule has 4 N–H and O–H groups in total. The molecule has 20 heavy (non-hydrogen) atoms. The number of halogens is 1. The Morgan fingerprint density at radius 3 is 2.70 bits per heavy atom. The van der Waals surface area contributed by atoms with Crippen LogP contribution in [0.2, 0.25) is 5.02 Å². The van der Waals surface area contributed by atoms with Crippen LogP contribution < -0.4 is 5.73 Å². The van der Waals surface area contributed by atoms with E-state index in [4.69, 9.17) is 22.7 Å². The molecule has 0 spiro atoms. The second kappa shape index (κ2) is 5.23. The van der Waals surface area contributed by atoms with E-state index in [2.05, 4.69) is 17.1 Å². The van der Waals surface area contributed by atoms with E-state index in [1.54, 1.807) is 6.07 Å². The molecule has 0 saturated carbocycles. The number of nitrogens with one attached hydrogen (secondary N) is 2. The van der Waals surface area contributed by atoms with Gasteiger partial charge in [-0.1, -0.05) is 47.6 Å². The van der Waals surface area contributed by atoms with E-state index in [9.17, 15) is 0 Å². The lowest BCUT2D eigenvalue weighted by Crippen LogP contribution is -2.12. The average Bonchev–Trinajstić information content (AvgIpc) is 2.80. The van der Waals surface area contributed by atoms with Crippen molar-refractivity contribution in [2.75, 3.05) is 0 Å². The predicted molar refractivity (Wildman–Crippen MR) is 84.9 cm³/mol. The van der Waals surface area contributed by atoms with Gasteiger partial charge in [-0.25, -0.2) is 0 Å². The zero-order valence-electron chi connectivity index (χ0n) is 10.5. The van der Waals surface area contributed by atoms with Crippen molar-refractivity contribution in [2.45, 2.75) is 9.92 Å². The van der Waals surface area contributed by atoms with Gasteiger partial charge < -0.3 is 10.7 Å². The smallest absolute Gasteiger partial charge is 0.125 e. The van der Waals surface area contributed by atoms with E-state index >= 15 is 0 Å². The summed E-state index contributed by atoms with van der Waals surface area (Å²) in [4.78, 5) is 4.21. The maximum Gasteiger partial charge on any atom is 0.125 e. The van der Waals surface area contributed by atoms with Crippen molar-refractivity contribution in [3.8, 4) is 0 Å². The number of rotatable bonds is 3. The largest absolute Gasteiger partial charge is 0.384 e. The molecule has 0 aliphatic rings. The van der Waals surface area contributed by atoms with Crippen molar-refractivity contribution in [1.82, 2.24) is 4.98 Å². The van der Waals surface area contributed by atoms with Gasteiger partial charge in [0.25, 0.3) is 0 Å². The summed E-state index contributed by atoms with van der Waals surface area (Å²) in [6.07, 6.45) is 0. The Morgan fingerprint density at radius 2 is 1.95 bits per heavy atom. The highest BCUT2D eigenvalue weighted by molar-refractivity contribution is 7.99. The molecule has 3 aromatic rings. The highest BCUT2D eigenvalue weighted by Crippen LogP contribution is 2.34. The van der Waals surface area contributed by atoms with Crippen molar-refractivity contribution in [3.05, 3.63) is 59.1 Å². The van der Waals surface area contributed by atoms with Gasteiger partial charge in [-0.15, -0.1) is 0 Å². The van der Waals surface area contributed by atoms with Gasteiger partial charge in [0.15, 0.2) is 0 Å². The molecule has 0 saturated heterocycles. The Balaban J connectivity index is 2.02. The van der Waals surface area contributed by atoms with Gasteiger partial charge in [0.2, 0.25) is 0 Å². The van der Waals surface area contributed by atoms with Gasteiger partial charge in [0.1, 0.15) is 5.84 Å². The van der Waals surface area contributed by atoms with Gasteiger partial charge in [-0.2, -0.15) is 0 Å². The van der Waals surface area contributed by atoms with Crippen molar-refractivity contribution in [1.29, 1.82) is 5.41 Å². The number of hydrogen-bond donors (Lipinski definition) is 3. The van der Waals surface area contributed by atoms with E-state index in [1.807, 2.05) is 30.3 Å². The summed E-state index contributed by atoms with van der Waals surface area (Å²) in [5.41, 5.74) is 7.29. The second-order valence-electron chi connectivity index (χ2n) is 4.35. The van der Waals surface area contributed by atoms with Crippen molar-refractivity contribution < 1.29 is 0 Å². The Kier molecular flexibility index (Phi) is 3.42. The van der Waals surface area contributed by atoms with Crippen LogP contribution in [0.3, 0.4) is 0 Å². The second-order valence-corrected chi connectivity index (χ2v) is 5.84. The third kappa shape index (κ3) is 2.40. The molecule has 0 unspecified atom stereocenters. The molecular formula is C15H12ClN3S. The normalized spacial score (nSPS) is 10.8. The van der Waals surface area contributed by atoms with Crippen LogP contribution in [0.1, 0.15) is 5.56 Å². The average molecular weight is 302 g/mol. The molecule has 0 aliphatic heterocycles. The summed E-state index contributed by atoms with van der Waals surface area (Å²) in [5.74, 6) is -0.0192. The lowest BCUT2D eigenvalue weighted by molar-refractivity contribution is 1.23. The Hall–Kier alpha value is -1.91. The summed E-state index contributed by atoms with van der Waals surface area (Å²) in [5, 5.41) is 10.3. The van der Waals surface area contributed by atoms with Crippen molar-refractivity contribution >= 4 is 40.1 Å². The molecule has 0 amide bonds. The fraction of sp³-hybridized carbons (Fsp3) is 0. The quantitative estimate of drug-likeness (QED) is 0.500. The summed E-state index contributed by atoms with van der Waals surface area (Å²) < 4.78 is 0. The van der Waals surface area contributed by atoms with Gasteiger partial charge >= 0.3 is 0 Å². The number of H-pyrrole nitrogens is 1. The molecule has 5 heteroatoms. The maximum atomic E-state index is 7.66. The number of para-hydroxylation sites is 1. The molecule has 1 heterocycles. The summed E-state index contributed by atoms with van der Waals surface area (Å²) in [7, 11) is 0. The zero-order valence-corrected chi connectivity index (χ0v) is 12.1. The first-order valence-corrected chi connectivity index (χ1v) is 7.23. The van der Waals surface area contributed by atoms with Crippen molar-refractivity contribution in [3.63, 3.8) is 0 Å². The molecule has 2 aromatic carbocycles. The van der Waals surface area contributed by atoms with E-state index in [0.29, 0.717) is 10.6 Å². The summed E-state index contributed by atoms with van der Waals surface area (Å²) in [6, 6.07) is 15.7. The number of aromatic nitrogens is 1. The number of amidine groups is 1. The molecule has 100 valence electrons. The SMILES string of the molecule is N=C(N)c1c(Cl)cccc1Sc1cc2ccccc2[nH]1. The first-order valence-electron chi connectivity index (χ1n) is 6.03. The minimum atomic E-state index is -0.0192. The third-order valence-corrected chi connectivity index (χ3v) is 4.28. The lowest BCUT2D eigenvalue weighted by atomic mass is 10.2. The maximum absolute atomic E-state index is 7.66. The fourth-order valence-corrected chi connectivity index (χ4v) is 3.46. The number of fused-ring (bicyclic) bond motifs is 1. The third-order valence-electron chi connectivity index (χ3n) is 2.97. The predicted octanol–water partition coefficient (Wildman–Crippen LogP) is 4.26. The van der Waals surface area contributed by atoms with E-state index < -0.39 is 0 Å². The molecule has 0 radical (unpaired) electrons. The Bertz CT molecular complexity index is 762. The molecule has 3 nitrogen and oxygen atoms in total. The van der Waals surface area contributed by atoms with E-state index in [1.165, 1.54) is 11.8 Å². The molecule has 1 aromatic heterocycles. The number of hydrogen-bond acceptors (Lipinski definition) is 2. The lowest BCUT2D eigenvalue weighted by Gasteiger charge is -2.08. The first-order chi connectivity index (χ1) is 9.65. The van der Waals surface area contributed by atoms with E-state index in [-0.39, 0.29) is 5.84 Å². The minimum absolute atomic E-state index is 0.0192. The topological polar surface area (TPSA) is 65.7 Å². The number of nitrogens with two attached hydrogens (primary N) is 1. The molecule has 3 rings (SSSR count). The van der Waals surface area contributed by atoms with Crippen LogP contribution in [0, 0.1) is 5.41 Å². The van der Waals surface area contributed by atoms with Crippen LogP contribution >= 0.6 is 23.4 Å². The zero-order chi connectivity index (χ0) is 14.1. The van der Waals surface area contributed by atoms with Crippen LogP contribution in [0.4, 0.5) is 0 Å². The van der Waals surface area contributed by atoms with Crippen LogP contribution in [0.15, 0.2) is 58.5 Å². The van der Waals surface area contributed by atoms with Crippen molar-refractivity contribution in [2.24, 2.45) is 5.73 Å². The van der Waals surface area contributed by atoms with Crippen LogP contribution in [0.5, 0.6) is 0 Å². The monoisotopic (exact) mass is 301 g/mol. The summed E-state index contributed by atoms with van der Waals surface area (Å²) >= 11 is 7.65. The van der Waals surface area contributed by atoms with E-state index in [0.717, 1.165) is 20.8 Å². The minimum Gasteiger partial charge on any atom is -0.384 e. The first kappa shape index (κ1) is 13.1. The number of aromatic amines is 1. The van der Waals surface area contributed by atoms with Gasteiger partial charge in [0, 0.05) is 21.4 Å². The summed E-state index contributed by atoms with van der Waals surface area (Å²) in [6.45, 7) is 0. The van der Waals surface area contributed by atoms with Crippen LogP contribution in [-0.4, -0.2) is 10.8 Å². The standard InChI is InChI=1S/C15H12ClN3S/c16-10-5-3-7-12(14(10)15(17)18)20-13-8-9-4-1-2-6-11(9)19-13/h1-8,19H,(H3,17,18).